The van der Waals surface area contributed by atoms with Crippen LogP contribution >= 0.6 is 15.9 Å². The molecule has 0 atom stereocenters. The van der Waals surface area contributed by atoms with Crippen molar-refractivity contribution in [2.24, 2.45) is 5.41 Å². The summed E-state index contributed by atoms with van der Waals surface area (Å²) < 4.78 is 0.369. The molecule has 200 valence electrons. The molecule has 33 heavy (non-hydrogen) atoms. The second-order valence-corrected chi connectivity index (χ2v) is 12.8. The SMILES string of the molecule is CCCCCCCCCCCCCCC(CCCC)(CCCC)C(Br)(CCCC)CCCC. The molecule has 0 amide bonds. The van der Waals surface area contributed by atoms with Crippen LogP contribution in [0.1, 0.15) is 195 Å². The first kappa shape index (κ1) is 33.5. The smallest absolute Gasteiger partial charge is 0.0314 e. The summed E-state index contributed by atoms with van der Waals surface area (Å²) in [5, 5.41) is 0. The first-order valence-electron chi connectivity index (χ1n) is 15.7. The molecule has 0 aromatic carbocycles. The third-order valence-corrected chi connectivity index (χ3v) is 9.96. The zero-order chi connectivity index (χ0) is 24.7. The molecule has 0 N–H and O–H groups in total. The molecule has 0 saturated heterocycles. The summed E-state index contributed by atoms with van der Waals surface area (Å²) in [5.41, 5.74) is 0.516. The summed E-state index contributed by atoms with van der Waals surface area (Å²) in [7, 11) is 0. The Hall–Kier alpha value is 0.480. The molecule has 0 aliphatic rings. The number of rotatable bonds is 26. The maximum Gasteiger partial charge on any atom is 0.0314 e. The molecule has 0 rings (SSSR count). The fraction of sp³-hybridized carbons (Fsp3) is 1.00. The number of unbranched alkanes of at least 4 members (excludes halogenated alkanes) is 15. The fourth-order valence-electron chi connectivity index (χ4n) is 5.95. The van der Waals surface area contributed by atoms with Gasteiger partial charge in [0.15, 0.2) is 0 Å². The summed E-state index contributed by atoms with van der Waals surface area (Å²) in [6.07, 6.45) is 35.5. The van der Waals surface area contributed by atoms with Crippen molar-refractivity contribution in [1.82, 2.24) is 0 Å². The quantitative estimate of drug-likeness (QED) is 0.0772. The van der Waals surface area contributed by atoms with Crippen molar-refractivity contribution in [2.45, 2.75) is 199 Å². The topological polar surface area (TPSA) is 0 Å². The predicted octanol–water partition coefficient (Wildman–Crippen LogP) is 13.0. The van der Waals surface area contributed by atoms with Gasteiger partial charge in [-0.15, -0.1) is 0 Å². The van der Waals surface area contributed by atoms with E-state index in [0.29, 0.717) is 9.74 Å². The van der Waals surface area contributed by atoms with Crippen molar-refractivity contribution in [3.8, 4) is 0 Å². The van der Waals surface area contributed by atoms with Gasteiger partial charge in [-0.25, -0.2) is 0 Å². The van der Waals surface area contributed by atoms with E-state index in [2.05, 4.69) is 50.5 Å². The molecule has 0 bridgehead atoms. The van der Waals surface area contributed by atoms with Gasteiger partial charge in [0, 0.05) is 4.32 Å². The van der Waals surface area contributed by atoms with Gasteiger partial charge >= 0.3 is 0 Å². The molecule has 0 aliphatic carbocycles. The summed E-state index contributed by atoms with van der Waals surface area (Å²) in [5.74, 6) is 0. The molecule has 1 heteroatoms. The standard InChI is InChI=1S/C32H65Br/c1-6-11-16-17-18-19-20-21-22-23-24-25-28-31(26-12-7-2,27-13-8-3)32(33,29-14-9-4)30-15-10-5/h6-30H2,1-5H3. The third kappa shape index (κ3) is 15.3. The van der Waals surface area contributed by atoms with Gasteiger partial charge in [-0.05, 0) is 37.5 Å². The summed E-state index contributed by atoms with van der Waals surface area (Å²) in [4.78, 5) is 0. The van der Waals surface area contributed by atoms with E-state index in [1.54, 1.807) is 0 Å². The fourth-order valence-corrected chi connectivity index (χ4v) is 7.11. The summed E-state index contributed by atoms with van der Waals surface area (Å²) in [6.45, 7) is 11.8. The van der Waals surface area contributed by atoms with E-state index in [1.165, 1.54) is 161 Å². The van der Waals surface area contributed by atoms with Gasteiger partial charge in [0.2, 0.25) is 0 Å². The molecule has 0 aliphatic heterocycles. The van der Waals surface area contributed by atoms with Crippen molar-refractivity contribution in [3.63, 3.8) is 0 Å². The first-order valence-corrected chi connectivity index (χ1v) is 16.5. The van der Waals surface area contributed by atoms with Crippen LogP contribution in [0.4, 0.5) is 0 Å². The van der Waals surface area contributed by atoms with E-state index >= 15 is 0 Å². The minimum atomic E-state index is 0.369. The lowest BCUT2D eigenvalue weighted by molar-refractivity contribution is 0.116. The van der Waals surface area contributed by atoms with Gasteiger partial charge in [0.1, 0.15) is 0 Å². The normalized spacial score (nSPS) is 12.5. The lowest BCUT2D eigenvalue weighted by atomic mass is 9.62. The molecule has 0 spiro atoms. The molecule has 0 aromatic rings. The molecule has 0 fully saturated rings. The van der Waals surface area contributed by atoms with Crippen LogP contribution < -0.4 is 0 Å². The van der Waals surface area contributed by atoms with Crippen LogP contribution in [0.3, 0.4) is 0 Å². The van der Waals surface area contributed by atoms with Crippen molar-refractivity contribution in [1.29, 1.82) is 0 Å². The average Bonchev–Trinajstić information content (AvgIpc) is 2.83. The monoisotopic (exact) mass is 528 g/mol. The van der Waals surface area contributed by atoms with Crippen molar-refractivity contribution in [2.75, 3.05) is 0 Å². The number of halogens is 1. The molecule has 0 unspecified atom stereocenters. The molecule has 0 radical (unpaired) electrons. The van der Waals surface area contributed by atoms with E-state index in [4.69, 9.17) is 0 Å². The zero-order valence-corrected chi connectivity index (χ0v) is 25.6. The summed E-state index contributed by atoms with van der Waals surface area (Å²) in [6, 6.07) is 0. The van der Waals surface area contributed by atoms with E-state index < -0.39 is 0 Å². The van der Waals surface area contributed by atoms with Gasteiger partial charge in [-0.1, -0.05) is 179 Å². The molecule has 0 aromatic heterocycles. The van der Waals surface area contributed by atoms with Crippen LogP contribution in [0.15, 0.2) is 0 Å². The van der Waals surface area contributed by atoms with Crippen LogP contribution in [-0.4, -0.2) is 4.32 Å². The van der Waals surface area contributed by atoms with Crippen LogP contribution in [0.5, 0.6) is 0 Å². The Morgan fingerprint density at radius 1 is 0.333 bits per heavy atom. The Morgan fingerprint density at radius 2 is 0.606 bits per heavy atom. The largest absolute Gasteiger partial charge is 0.0847 e. The van der Waals surface area contributed by atoms with Crippen molar-refractivity contribution in [3.05, 3.63) is 0 Å². The van der Waals surface area contributed by atoms with E-state index in [-0.39, 0.29) is 0 Å². The Kier molecular flexibility index (Phi) is 23.2. The number of alkyl halides is 1. The average molecular weight is 530 g/mol. The van der Waals surface area contributed by atoms with Gasteiger partial charge in [0.05, 0.1) is 0 Å². The van der Waals surface area contributed by atoms with Crippen LogP contribution in [0.2, 0.25) is 0 Å². The highest BCUT2D eigenvalue weighted by molar-refractivity contribution is 9.10. The number of hydrogen-bond donors (Lipinski definition) is 0. The minimum absolute atomic E-state index is 0.369. The van der Waals surface area contributed by atoms with Gasteiger partial charge in [-0.2, -0.15) is 0 Å². The maximum atomic E-state index is 4.51. The van der Waals surface area contributed by atoms with Crippen molar-refractivity contribution < 1.29 is 0 Å². The number of hydrogen-bond acceptors (Lipinski definition) is 0. The van der Waals surface area contributed by atoms with Gasteiger partial charge in [-0.3, -0.25) is 0 Å². The minimum Gasteiger partial charge on any atom is -0.0847 e. The Morgan fingerprint density at radius 3 is 0.970 bits per heavy atom. The van der Waals surface area contributed by atoms with E-state index in [9.17, 15) is 0 Å². The third-order valence-electron chi connectivity index (χ3n) is 8.33. The van der Waals surface area contributed by atoms with Gasteiger partial charge in [0.25, 0.3) is 0 Å². The second-order valence-electron chi connectivity index (χ2n) is 11.3. The van der Waals surface area contributed by atoms with E-state index in [0.717, 1.165) is 0 Å². The first-order chi connectivity index (χ1) is 16.1. The van der Waals surface area contributed by atoms with Gasteiger partial charge < -0.3 is 0 Å². The van der Waals surface area contributed by atoms with Crippen molar-refractivity contribution >= 4 is 15.9 Å². The zero-order valence-electron chi connectivity index (χ0n) is 24.1. The molecule has 0 heterocycles. The highest BCUT2D eigenvalue weighted by Gasteiger charge is 2.46. The highest BCUT2D eigenvalue weighted by Crippen LogP contribution is 2.55. The second kappa shape index (κ2) is 22.9. The predicted molar refractivity (Wildman–Crippen MR) is 158 cm³/mol. The van der Waals surface area contributed by atoms with Crippen LogP contribution in [-0.2, 0) is 0 Å². The Balaban J connectivity index is 4.75. The summed E-state index contributed by atoms with van der Waals surface area (Å²) >= 11 is 4.51. The molecular weight excluding hydrogens is 464 g/mol. The maximum absolute atomic E-state index is 4.51. The molecule has 0 saturated carbocycles. The molecular formula is C32H65Br. The Bertz CT molecular complexity index is 372. The lowest BCUT2D eigenvalue weighted by Gasteiger charge is -2.49. The van der Waals surface area contributed by atoms with E-state index in [1.807, 2.05) is 0 Å². The highest BCUT2D eigenvalue weighted by atomic mass is 79.9. The van der Waals surface area contributed by atoms with Crippen LogP contribution in [0.25, 0.3) is 0 Å². The molecule has 0 nitrogen and oxygen atoms in total. The lowest BCUT2D eigenvalue weighted by Crippen LogP contribution is -2.44. The van der Waals surface area contributed by atoms with Crippen LogP contribution in [0, 0.1) is 5.41 Å². The Labute approximate surface area is 220 Å².